The Kier molecular flexibility index (Phi) is 10.3. The normalized spacial score (nSPS) is 31.7. The molecule has 0 aromatic heterocycles. The van der Waals surface area contributed by atoms with Crippen molar-refractivity contribution < 1.29 is 29.1 Å². The number of alkyl halides is 2. The van der Waals surface area contributed by atoms with Crippen LogP contribution in [0.4, 0.5) is 0 Å². The Morgan fingerprint density at radius 1 is 0.842 bits per heavy atom. The van der Waals surface area contributed by atoms with E-state index in [4.69, 9.17) is 23.2 Å². The van der Waals surface area contributed by atoms with Crippen LogP contribution in [0, 0.1) is 0 Å². The molecule has 5 N–H and O–H groups in total. The lowest BCUT2D eigenvalue weighted by atomic mass is 10.0. The molecule has 1 aromatic carbocycles. The number of amides is 5. The van der Waals surface area contributed by atoms with Crippen LogP contribution < -0.4 is 21.3 Å². The lowest BCUT2D eigenvalue weighted by molar-refractivity contribution is -0.142. The molecule has 2 heterocycles. The van der Waals surface area contributed by atoms with Gasteiger partial charge in [-0.15, -0.1) is 23.2 Å². The van der Waals surface area contributed by atoms with Gasteiger partial charge in [0.15, 0.2) is 0 Å². The molecule has 13 heteroatoms. The fourth-order valence-corrected chi connectivity index (χ4v) is 5.17. The molecule has 2 saturated heterocycles. The standard InChI is InChI=1S/C25H33Cl2N5O6/c1-3-15-22(35)31-18(12-33)23(36)30-17(13-8-6-5-7-9-13)10-19(34)28-16(4-2)25(38)32-11-14(26)20(27)21(32)24(37)29-15/h5-9,14-18,20-21,33H,3-4,10-12H2,1-2H3,(H,28,34)(H,29,37)(H,30,36)(H,31,35)/t14-,15+,16+,17?,18+,20-,21+/m0/s1. The molecule has 2 fully saturated rings. The molecular weight excluding hydrogens is 537 g/mol. The second-order valence-corrected chi connectivity index (χ2v) is 10.4. The molecule has 3 rings (SSSR count). The van der Waals surface area contributed by atoms with Crippen molar-refractivity contribution in [1.82, 2.24) is 26.2 Å². The maximum atomic E-state index is 13.5. The summed E-state index contributed by atoms with van der Waals surface area (Å²) in [5.74, 6) is -3.16. The van der Waals surface area contributed by atoms with Gasteiger partial charge in [-0.05, 0) is 18.4 Å². The van der Waals surface area contributed by atoms with Crippen LogP contribution in [-0.4, -0.2) is 87.6 Å². The summed E-state index contributed by atoms with van der Waals surface area (Å²) in [6, 6.07) is 3.36. The summed E-state index contributed by atoms with van der Waals surface area (Å²) in [4.78, 5) is 67.0. The third-order valence-corrected chi connectivity index (χ3v) is 7.79. The first kappa shape index (κ1) is 29.7. The molecule has 0 saturated carbocycles. The van der Waals surface area contributed by atoms with Gasteiger partial charge in [-0.25, -0.2) is 0 Å². The highest BCUT2D eigenvalue weighted by molar-refractivity contribution is 6.32. The first-order valence-corrected chi connectivity index (χ1v) is 13.4. The highest BCUT2D eigenvalue weighted by Crippen LogP contribution is 2.29. The number of nitrogens with one attached hydrogen (secondary N) is 4. The van der Waals surface area contributed by atoms with Crippen molar-refractivity contribution in [2.45, 2.75) is 74.1 Å². The average Bonchev–Trinajstić information content (AvgIpc) is 3.21. The zero-order valence-electron chi connectivity index (χ0n) is 21.2. The minimum Gasteiger partial charge on any atom is -0.394 e. The molecule has 208 valence electrons. The summed E-state index contributed by atoms with van der Waals surface area (Å²) in [6.45, 7) is 2.64. The molecule has 11 nitrogen and oxygen atoms in total. The van der Waals surface area contributed by atoms with Crippen LogP contribution in [0.15, 0.2) is 30.3 Å². The van der Waals surface area contributed by atoms with Crippen molar-refractivity contribution in [3.63, 3.8) is 0 Å². The summed E-state index contributed by atoms with van der Waals surface area (Å²) in [7, 11) is 0. The number of nitrogens with zero attached hydrogens (tertiary/aromatic N) is 1. The van der Waals surface area contributed by atoms with Gasteiger partial charge >= 0.3 is 0 Å². The molecule has 2 aliphatic heterocycles. The topological polar surface area (TPSA) is 157 Å². The maximum Gasteiger partial charge on any atom is 0.245 e. The molecule has 0 bridgehead atoms. The van der Waals surface area contributed by atoms with Crippen LogP contribution in [-0.2, 0) is 24.0 Å². The molecule has 0 radical (unpaired) electrons. The number of carbonyl (C=O) groups is 5. The van der Waals surface area contributed by atoms with Crippen LogP contribution in [0.1, 0.15) is 44.7 Å². The van der Waals surface area contributed by atoms with Crippen molar-refractivity contribution in [3.8, 4) is 0 Å². The van der Waals surface area contributed by atoms with Gasteiger partial charge in [-0.1, -0.05) is 44.2 Å². The Labute approximate surface area is 231 Å². The van der Waals surface area contributed by atoms with Crippen molar-refractivity contribution in [3.05, 3.63) is 35.9 Å². The number of hydrogen-bond acceptors (Lipinski definition) is 6. The third-order valence-electron chi connectivity index (χ3n) is 6.71. The van der Waals surface area contributed by atoms with E-state index in [1.165, 1.54) is 4.90 Å². The van der Waals surface area contributed by atoms with Crippen LogP contribution in [0.5, 0.6) is 0 Å². The number of hydrogen-bond donors (Lipinski definition) is 5. The Balaban J connectivity index is 2.00. The van der Waals surface area contributed by atoms with Gasteiger partial charge in [-0.3, -0.25) is 24.0 Å². The van der Waals surface area contributed by atoms with Gasteiger partial charge < -0.3 is 31.3 Å². The minimum absolute atomic E-state index is 0.0166. The predicted octanol–water partition coefficient (Wildman–Crippen LogP) is -0.0601. The number of aliphatic hydroxyl groups is 1. The first-order valence-electron chi connectivity index (χ1n) is 12.6. The van der Waals surface area contributed by atoms with E-state index in [0.717, 1.165) is 0 Å². The minimum atomic E-state index is -1.34. The molecule has 1 aromatic rings. The largest absolute Gasteiger partial charge is 0.394 e. The number of fused-ring (bicyclic) bond motifs is 1. The monoisotopic (exact) mass is 569 g/mol. The molecule has 1 unspecified atom stereocenters. The van der Waals surface area contributed by atoms with Crippen LogP contribution in [0.3, 0.4) is 0 Å². The molecule has 7 atom stereocenters. The Bertz CT molecular complexity index is 1040. The summed E-state index contributed by atoms with van der Waals surface area (Å²) in [5.41, 5.74) is 0.618. The predicted molar refractivity (Wildman–Crippen MR) is 140 cm³/mol. The molecule has 38 heavy (non-hydrogen) atoms. The smallest absolute Gasteiger partial charge is 0.245 e. The van der Waals surface area contributed by atoms with Gasteiger partial charge in [0.25, 0.3) is 0 Å². The quantitative estimate of drug-likeness (QED) is 0.320. The van der Waals surface area contributed by atoms with Gasteiger partial charge in [0.05, 0.1) is 29.8 Å². The van der Waals surface area contributed by atoms with E-state index < -0.39 is 77.1 Å². The summed E-state index contributed by atoms with van der Waals surface area (Å²) < 4.78 is 0. The third kappa shape index (κ3) is 6.75. The van der Waals surface area contributed by atoms with Crippen LogP contribution >= 0.6 is 23.2 Å². The molecule has 2 aliphatic rings. The summed E-state index contributed by atoms with van der Waals surface area (Å²) in [5, 5.41) is 18.6. The van der Waals surface area contributed by atoms with Crippen molar-refractivity contribution in [2.24, 2.45) is 0 Å². The number of rotatable bonds is 4. The van der Waals surface area contributed by atoms with Crippen molar-refractivity contribution >= 4 is 52.7 Å². The summed E-state index contributed by atoms with van der Waals surface area (Å²) in [6.07, 6.45) is 0.170. The Hall–Kier alpha value is -2.89. The highest BCUT2D eigenvalue weighted by Gasteiger charge is 2.48. The number of aliphatic hydroxyl groups excluding tert-OH is 1. The molecule has 5 amide bonds. The van der Waals surface area contributed by atoms with Crippen molar-refractivity contribution in [2.75, 3.05) is 13.2 Å². The Morgan fingerprint density at radius 2 is 1.45 bits per heavy atom. The van der Waals surface area contributed by atoms with Gasteiger partial charge in [0.2, 0.25) is 29.5 Å². The average molecular weight is 570 g/mol. The SMILES string of the molecule is CC[C@H]1NC(=O)[C@H]2[C@@H](Cl)[C@@H](Cl)CN2C(=O)[C@@H](CC)NC(=O)CC(c2ccccc2)NC(=O)[C@@H](CO)NC1=O. The zero-order chi connectivity index (χ0) is 28.0. The first-order chi connectivity index (χ1) is 18.1. The lowest BCUT2D eigenvalue weighted by Gasteiger charge is -2.31. The van der Waals surface area contributed by atoms with E-state index in [2.05, 4.69) is 21.3 Å². The van der Waals surface area contributed by atoms with E-state index in [1.54, 1.807) is 44.2 Å². The molecule has 0 aliphatic carbocycles. The maximum absolute atomic E-state index is 13.5. The highest BCUT2D eigenvalue weighted by atomic mass is 35.5. The molecular formula is C25H33Cl2N5O6. The number of benzene rings is 1. The Morgan fingerprint density at radius 3 is 2.05 bits per heavy atom. The second-order valence-electron chi connectivity index (χ2n) is 9.31. The fraction of sp³-hybridized carbons (Fsp3) is 0.560. The van der Waals surface area contributed by atoms with E-state index in [-0.39, 0.29) is 25.8 Å². The summed E-state index contributed by atoms with van der Waals surface area (Å²) >= 11 is 12.8. The fourth-order valence-electron chi connectivity index (χ4n) is 4.55. The number of halogens is 2. The number of carbonyl (C=O) groups excluding carboxylic acids is 5. The van der Waals surface area contributed by atoms with E-state index >= 15 is 0 Å². The van der Waals surface area contributed by atoms with Gasteiger partial charge in [-0.2, -0.15) is 0 Å². The van der Waals surface area contributed by atoms with E-state index in [0.29, 0.717) is 5.56 Å². The molecule has 0 spiro atoms. The van der Waals surface area contributed by atoms with Gasteiger partial charge in [0.1, 0.15) is 24.2 Å². The van der Waals surface area contributed by atoms with Gasteiger partial charge in [0, 0.05) is 6.54 Å². The van der Waals surface area contributed by atoms with Crippen molar-refractivity contribution in [1.29, 1.82) is 0 Å². The van der Waals surface area contributed by atoms with Crippen LogP contribution in [0.2, 0.25) is 0 Å². The van der Waals surface area contributed by atoms with E-state index in [9.17, 15) is 29.1 Å². The van der Waals surface area contributed by atoms with Crippen LogP contribution in [0.25, 0.3) is 0 Å². The second kappa shape index (κ2) is 13.3. The lowest BCUT2D eigenvalue weighted by Crippen LogP contribution is -2.60. The van der Waals surface area contributed by atoms with E-state index in [1.807, 2.05) is 0 Å². The zero-order valence-corrected chi connectivity index (χ0v) is 22.7.